The molecule has 2 heteroatoms. The summed E-state index contributed by atoms with van der Waals surface area (Å²) in [4.78, 5) is 0. The van der Waals surface area contributed by atoms with Gasteiger partial charge in [0.05, 0.1) is 0 Å². The minimum Gasteiger partial charge on any atom is -0.490 e. The molecule has 17 heavy (non-hydrogen) atoms. The fourth-order valence-electron chi connectivity index (χ4n) is 2.77. The van der Waals surface area contributed by atoms with Crippen molar-refractivity contribution in [2.45, 2.75) is 45.8 Å². The number of ether oxygens (including phenoxy) is 1. The van der Waals surface area contributed by atoms with E-state index in [1.807, 2.05) is 7.05 Å². The van der Waals surface area contributed by atoms with Crippen LogP contribution in [-0.4, -0.2) is 19.2 Å². The molecule has 0 bridgehead atoms. The predicted octanol–water partition coefficient (Wildman–Crippen LogP) is 3.15. The lowest BCUT2D eigenvalue weighted by atomic mass is 9.61. The van der Waals surface area contributed by atoms with Gasteiger partial charge in [0.1, 0.15) is 11.9 Å². The Morgan fingerprint density at radius 3 is 2.82 bits per heavy atom. The highest BCUT2D eigenvalue weighted by Gasteiger charge is 2.51. The number of hydrogen-bond donors (Lipinski definition) is 1. The van der Waals surface area contributed by atoms with Crippen LogP contribution in [0.25, 0.3) is 0 Å². The molecule has 2 nitrogen and oxygen atoms in total. The summed E-state index contributed by atoms with van der Waals surface area (Å²) in [6.45, 7) is 6.66. The Balaban J connectivity index is 2.06. The molecule has 0 radical (unpaired) electrons. The van der Waals surface area contributed by atoms with Crippen LogP contribution in [0.1, 0.15) is 32.3 Å². The summed E-state index contributed by atoms with van der Waals surface area (Å²) in [6.07, 6.45) is 2.59. The highest BCUT2D eigenvalue weighted by atomic mass is 16.5. The van der Waals surface area contributed by atoms with Crippen LogP contribution >= 0.6 is 0 Å². The highest BCUT2D eigenvalue weighted by molar-refractivity contribution is 5.28. The summed E-state index contributed by atoms with van der Waals surface area (Å²) >= 11 is 0. The molecule has 0 spiro atoms. The van der Waals surface area contributed by atoms with E-state index in [1.165, 1.54) is 5.56 Å². The summed E-state index contributed by atoms with van der Waals surface area (Å²) in [7, 11) is 2.04. The van der Waals surface area contributed by atoms with Gasteiger partial charge < -0.3 is 10.1 Å². The lowest BCUT2D eigenvalue weighted by Gasteiger charge is -2.53. The molecule has 1 aromatic rings. The van der Waals surface area contributed by atoms with E-state index >= 15 is 0 Å². The Hall–Kier alpha value is -1.02. The first-order valence-electron chi connectivity index (χ1n) is 6.50. The van der Waals surface area contributed by atoms with Gasteiger partial charge in [0, 0.05) is 17.9 Å². The summed E-state index contributed by atoms with van der Waals surface area (Å²) in [5.41, 5.74) is 1.52. The highest BCUT2D eigenvalue weighted by Crippen LogP contribution is 2.45. The maximum atomic E-state index is 6.13. The van der Waals surface area contributed by atoms with Gasteiger partial charge in [-0.05, 0) is 38.1 Å². The molecule has 2 rings (SSSR count). The van der Waals surface area contributed by atoms with Crippen LogP contribution in [0, 0.1) is 12.3 Å². The molecule has 1 fully saturated rings. The third-order valence-electron chi connectivity index (χ3n) is 4.36. The van der Waals surface area contributed by atoms with E-state index in [0.717, 1.165) is 18.6 Å². The zero-order valence-corrected chi connectivity index (χ0v) is 11.3. The van der Waals surface area contributed by atoms with Gasteiger partial charge in [0.2, 0.25) is 0 Å². The third-order valence-corrected chi connectivity index (χ3v) is 4.36. The molecule has 3 atom stereocenters. The molecule has 0 aromatic heterocycles. The van der Waals surface area contributed by atoms with E-state index in [9.17, 15) is 0 Å². The Bertz CT molecular complexity index is 390. The van der Waals surface area contributed by atoms with Gasteiger partial charge >= 0.3 is 0 Å². The first-order valence-corrected chi connectivity index (χ1v) is 6.50. The minimum atomic E-state index is 0.262. The molecule has 0 amide bonds. The van der Waals surface area contributed by atoms with Crippen molar-refractivity contribution in [1.29, 1.82) is 0 Å². The van der Waals surface area contributed by atoms with Crippen LogP contribution in [0.2, 0.25) is 0 Å². The second-order valence-corrected chi connectivity index (χ2v) is 5.36. The van der Waals surface area contributed by atoms with Crippen molar-refractivity contribution in [3.63, 3.8) is 0 Å². The van der Waals surface area contributed by atoms with E-state index in [1.54, 1.807) is 0 Å². The Morgan fingerprint density at radius 1 is 1.47 bits per heavy atom. The molecule has 0 heterocycles. The monoisotopic (exact) mass is 233 g/mol. The number of aryl methyl sites for hydroxylation is 1. The number of hydrogen-bond acceptors (Lipinski definition) is 2. The van der Waals surface area contributed by atoms with Crippen molar-refractivity contribution in [3.05, 3.63) is 29.8 Å². The maximum absolute atomic E-state index is 6.13. The standard InChI is InChI=1S/C15H23NO/c1-5-15(3)13(16-4)10-14(15)17-12-8-6-7-11(2)9-12/h6-9,13-14,16H,5,10H2,1-4H3. The average molecular weight is 233 g/mol. The van der Waals surface area contributed by atoms with Crippen molar-refractivity contribution >= 4 is 0 Å². The van der Waals surface area contributed by atoms with Crippen LogP contribution in [0.3, 0.4) is 0 Å². The molecule has 0 saturated heterocycles. The van der Waals surface area contributed by atoms with E-state index in [0.29, 0.717) is 12.1 Å². The van der Waals surface area contributed by atoms with Gasteiger partial charge in [-0.2, -0.15) is 0 Å². The lowest BCUT2D eigenvalue weighted by molar-refractivity contribution is -0.0677. The lowest BCUT2D eigenvalue weighted by Crippen LogP contribution is -2.62. The molecular formula is C15H23NO. The van der Waals surface area contributed by atoms with Gasteiger partial charge in [0.15, 0.2) is 0 Å². The molecule has 1 saturated carbocycles. The fraction of sp³-hybridized carbons (Fsp3) is 0.600. The Morgan fingerprint density at radius 2 is 2.24 bits per heavy atom. The first-order chi connectivity index (χ1) is 8.10. The predicted molar refractivity (Wildman–Crippen MR) is 71.5 cm³/mol. The quantitative estimate of drug-likeness (QED) is 0.862. The van der Waals surface area contributed by atoms with Gasteiger partial charge in [0.25, 0.3) is 0 Å². The van der Waals surface area contributed by atoms with Crippen molar-refractivity contribution in [2.24, 2.45) is 5.41 Å². The zero-order valence-electron chi connectivity index (χ0n) is 11.3. The molecule has 1 aliphatic carbocycles. The number of nitrogens with one attached hydrogen (secondary N) is 1. The van der Waals surface area contributed by atoms with Crippen molar-refractivity contribution in [1.82, 2.24) is 5.32 Å². The van der Waals surface area contributed by atoms with E-state index in [-0.39, 0.29) is 5.41 Å². The van der Waals surface area contributed by atoms with Gasteiger partial charge in [-0.25, -0.2) is 0 Å². The largest absolute Gasteiger partial charge is 0.490 e. The summed E-state index contributed by atoms with van der Waals surface area (Å²) < 4.78 is 6.13. The zero-order chi connectivity index (χ0) is 12.5. The molecule has 0 aliphatic heterocycles. The smallest absolute Gasteiger partial charge is 0.120 e. The van der Waals surface area contributed by atoms with Crippen molar-refractivity contribution in [2.75, 3.05) is 7.05 Å². The molecule has 94 valence electrons. The molecule has 1 N–H and O–H groups in total. The second-order valence-electron chi connectivity index (χ2n) is 5.36. The Labute approximate surface area is 104 Å². The number of benzene rings is 1. The fourth-order valence-corrected chi connectivity index (χ4v) is 2.77. The topological polar surface area (TPSA) is 21.3 Å². The van der Waals surface area contributed by atoms with Crippen molar-refractivity contribution < 1.29 is 4.74 Å². The molecule has 1 aromatic carbocycles. The SMILES string of the molecule is CCC1(C)C(NC)CC1Oc1cccc(C)c1. The molecule has 1 aliphatic rings. The summed E-state index contributed by atoms with van der Waals surface area (Å²) in [5, 5.41) is 3.39. The van der Waals surface area contributed by atoms with Crippen LogP contribution in [0.15, 0.2) is 24.3 Å². The van der Waals surface area contributed by atoms with Crippen LogP contribution < -0.4 is 10.1 Å². The van der Waals surface area contributed by atoms with Gasteiger partial charge in [-0.15, -0.1) is 0 Å². The minimum absolute atomic E-state index is 0.262. The van der Waals surface area contributed by atoms with E-state index < -0.39 is 0 Å². The second kappa shape index (κ2) is 4.69. The first kappa shape index (κ1) is 12.4. The number of rotatable bonds is 4. The van der Waals surface area contributed by atoms with E-state index in [2.05, 4.69) is 50.4 Å². The van der Waals surface area contributed by atoms with Gasteiger partial charge in [-0.3, -0.25) is 0 Å². The molecule has 3 unspecified atom stereocenters. The van der Waals surface area contributed by atoms with E-state index in [4.69, 9.17) is 4.74 Å². The maximum Gasteiger partial charge on any atom is 0.120 e. The molecular weight excluding hydrogens is 210 g/mol. The van der Waals surface area contributed by atoms with Crippen LogP contribution in [0.4, 0.5) is 0 Å². The summed E-state index contributed by atoms with van der Waals surface area (Å²) in [5.74, 6) is 1.00. The average Bonchev–Trinajstić information content (AvgIpc) is 2.33. The van der Waals surface area contributed by atoms with Crippen LogP contribution in [-0.2, 0) is 0 Å². The normalized spacial score (nSPS) is 32.0. The Kier molecular flexibility index (Phi) is 3.43. The van der Waals surface area contributed by atoms with Crippen molar-refractivity contribution in [3.8, 4) is 5.75 Å². The third kappa shape index (κ3) is 2.19. The van der Waals surface area contributed by atoms with Crippen LogP contribution in [0.5, 0.6) is 5.75 Å². The summed E-state index contributed by atoms with van der Waals surface area (Å²) in [6, 6.07) is 8.91. The van der Waals surface area contributed by atoms with Gasteiger partial charge in [-0.1, -0.05) is 26.0 Å².